The first-order chi connectivity index (χ1) is 7.84. The summed E-state index contributed by atoms with van der Waals surface area (Å²) in [5.41, 5.74) is 8.48. The van der Waals surface area contributed by atoms with Gasteiger partial charge in [0.05, 0.1) is 17.6 Å². The zero-order valence-electron chi connectivity index (χ0n) is 8.55. The van der Waals surface area contributed by atoms with Crippen molar-refractivity contribution in [2.45, 2.75) is 0 Å². The van der Waals surface area contributed by atoms with Crippen molar-refractivity contribution in [2.24, 2.45) is 0 Å². The lowest BCUT2D eigenvalue weighted by Gasteiger charge is -2.02. The van der Waals surface area contributed by atoms with Gasteiger partial charge < -0.3 is 5.73 Å². The molecule has 3 heteroatoms. The van der Waals surface area contributed by atoms with Crippen LogP contribution in [0, 0.1) is 0 Å². The Balaban J connectivity index is 2.25. The second-order valence-electron chi connectivity index (χ2n) is 3.62. The molecule has 0 atom stereocenters. The highest BCUT2D eigenvalue weighted by molar-refractivity contribution is 7.17. The number of rotatable bonds is 1. The maximum Gasteiger partial charge on any atom is 0.0718 e. The Bertz CT molecular complexity index is 626. The molecule has 2 aromatic heterocycles. The third kappa shape index (κ3) is 1.46. The number of nitrogens with zero attached hydrogens (tertiary/aromatic N) is 1. The van der Waals surface area contributed by atoms with Gasteiger partial charge in [0.1, 0.15) is 0 Å². The molecule has 0 unspecified atom stereocenters. The van der Waals surface area contributed by atoms with Crippen molar-refractivity contribution in [3.8, 4) is 11.3 Å². The van der Waals surface area contributed by atoms with Crippen molar-refractivity contribution in [3.63, 3.8) is 0 Å². The summed E-state index contributed by atoms with van der Waals surface area (Å²) in [6.45, 7) is 0. The van der Waals surface area contributed by atoms with Gasteiger partial charge in [0.15, 0.2) is 0 Å². The van der Waals surface area contributed by atoms with Crippen LogP contribution in [0.25, 0.3) is 21.3 Å². The van der Waals surface area contributed by atoms with Crippen molar-refractivity contribution < 1.29 is 0 Å². The number of hydrogen-bond acceptors (Lipinski definition) is 3. The molecule has 0 saturated carbocycles. The molecule has 78 valence electrons. The summed E-state index contributed by atoms with van der Waals surface area (Å²) < 4.78 is 1.28. The minimum atomic E-state index is 0.696. The SMILES string of the molecule is Nc1ccc(-c2cccc3ccsc23)nc1. The molecule has 2 heterocycles. The number of nitrogens with two attached hydrogens (primary N) is 1. The van der Waals surface area contributed by atoms with E-state index in [1.807, 2.05) is 12.1 Å². The Hall–Kier alpha value is -1.87. The largest absolute Gasteiger partial charge is 0.397 e. The summed E-state index contributed by atoms with van der Waals surface area (Å²) in [5.74, 6) is 0. The molecule has 0 saturated heterocycles. The topological polar surface area (TPSA) is 38.9 Å². The molecule has 0 amide bonds. The van der Waals surface area contributed by atoms with Gasteiger partial charge in [0.2, 0.25) is 0 Å². The van der Waals surface area contributed by atoms with Crippen molar-refractivity contribution in [3.05, 3.63) is 48.0 Å². The Morgan fingerprint density at radius 3 is 2.81 bits per heavy atom. The quantitative estimate of drug-likeness (QED) is 0.689. The van der Waals surface area contributed by atoms with Gasteiger partial charge in [0.25, 0.3) is 0 Å². The summed E-state index contributed by atoms with van der Waals surface area (Å²) >= 11 is 1.74. The van der Waals surface area contributed by atoms with Gasteiger partial charge in [0, 0.05) is 10.3 Å². The molecular weight excluding hydrogens is 216 g/mol. The third-order valence-corrected chi connectivity index (χ3v) is 3.50. The Labute approximate surface area is 97.4 Å². The van der Waals surface area contributed by atoms with Gasteiger partial charge in [-0.3, -0.25) is 4.98 Å². The van der Waals surface area contributed by atoms with Crippen LogP contribution in [-0.2, 0) is 0 Å². The fourth-order valence-corrected chi connectivity index (χ4v) is 2.68. The molecule has 3 aromatic rings. The Morgan fingerprint density at radius 2 is 2.00 bits per heavy atom. The molecule has 0 aliphatic heterocycles. The summed E-state index contributed by atoms with van der Waals surface area (Å²) in [6.07, 6.45) is 1.70. The lowest BCUT2D eigenvalue weighted by molar-refractivity contribution is 1.34. The van der Waals surface area contributed by atoms with Gasteiger partial charge in [-0.05, 0) is 29.0 Å². The van der Waals surface area contributed by atoms with E-state index in [1.165, 1.54) is 15.6 Å². The van der Waals surface area contributed by atoms with Crippen LogP contribution in [0.1, 0.15) is 0 Å². The molecule has 3 rings (SSSR count). The van der Waals surface area contributed by atoms with Gasteiger partial charge >= 0.3 is 0 Å². The molecule has 0 bridgehead atoms. The van der Waals surface area contributed by atoms with Crippen molar-refractivity contribution in [1.82, 2.24) is 4.98 Å². The van der Waals surface area contributed by atoms with Crippen LogP contribution in [-0.4, -0.2) is 4.98 Å². The molecule has 0 aliphatic carbocycles. The summed E-state index contributed by atoms with van der Waals surface area (Å²) in [5, 5.41) is 3.37. The van der Waals surface area contributed by atoms with E-state index in [4.69, 9.17) is 5.73 Å². The van der Waals surface area contributed by atoms with Crippen LogP contribution in [0.3, 0.4) is 0 Å². The zero-order chi connectivity index (χ0) is 11.0. The molecule has 0 spiro atoms. The van der Waals surface area contributed by atoms with Crippen molar-refractivity contribution in [2.75, 3.05) is 5.73 Å². The zero-order valence-corrected chi connectivity index (χ0v) is 9.37. The molecule has 16 heavy (non-hydrogen) atoms. The normalized spacial score (nSPS) is 10.8. The van der Waals surface area contributed by atoms with Crippen LogP contribution >= 0.6 is 11.3 Å². The van der Waals surface area contributed by atoms with E-state index in [9.17, 15) is 0 Å². The van der Waals surface area contributed by atoms with Gasteiger partial charge in [-0.2, -0.15) is 0 Å². The number of thiophene rings is 1. The number of pyridine rings is 1. The number of nitrogen functional groups attached to an aromatic ring is 1. The van der Waals surface area contributed by atoms with Crippen molar-refractivity contribution >= 4 is 27.1 Å². The van der Waals surface area contributed by atoms with Gasteiger partial charge in [-0.25, -0.2) is 0 Å². The average molecular weight is 226 g/mol. The molecule has 2 nitrogen and oxygen atoms in total. The second kappa shape index (κ2) is 3.61. The number of hydrogen-bond donors (Lipinski definition) is 1. The fourth-order valence-electron chi connectivity index (χ4n) is 1.76. The van der Waals surface area contributed by atoms with Crippen LogP contribution < -0.4 is 5.73 Å². The average Bonchev–Trinajstić information content (AvgIpc) is 2.78. The monoisotopic (exact) mass is 226 g/mol. The lowest BCUT2D eigenvalue weighted by Crippen LogP contribution is -1.88. The van der Waals surface area contributed by atoms with Crippen LogP contribution in [0.2, 0.25) is 0 Å². The maximum atomic E-state index is 5.64. The van der Waals surface area contributed by atoms with Crippen LogP contribution in [0.15, 0.2) is 48.0 Å². The number of anilines is 1. The van der Waals surface area contributed by atoms with E-state index in [-0.39, 0.29) is 0 Å². The summed E-state index contributed by atoms with van der Waals surface area (Å²) in [7, 11) is 0. The maximum absolute atomic E-state index is 5.64. The van der Waals surface area contributed by atoms with E-state index in [1.54, 1.807) is 17.5 Å². The van der Waals surface area contributed by atoms with E-state index in [0.717, 1.165) is 5.69 Å². The lowest BCUT2D eigenvalue weighted by atomic mass is 10.1. The molecule has 2 N–H and O–H groups in total. The molecule has 0 aliphatic rings. The highest BCUT2D eigenvalue weighted by atomic mass is 32.1. The van der Waals surface area contributed by atoms with E-state index >= 15 is 0 Å². The standard InChI is InChI=1S/C13H10N2S/c14-10-4-5-12(15-8-10)11-3-1-2-9-6-7-16-13(9)11/h1-8H,14H2. The van der Waals surface area contributed by atoms with Crippen LogP contribution in [0.4, 0.5) is 5.69 Å². The van der Waals surface area contributed by atoms with Crippen LogP contribution in [0.5, 0.6) is 0 Å². The molecule has 1 aromatic carbocycles. The minimum Gasteiger partial charge on any atom is -0.397 e. The van der Waals surface area contributed by atoms with E-state index < -0.39 is 0 Å². The van der Waals surface area contributed by atoms with Gasteiger partial charge in [-0.1, -0.05) is 18.2 Å². The second-order valence-corrected chi connectivity index (χ2v) is 4.54. The number of benzene rings is 1. The fraction of sp³-hybridized carbons (Fsp3) is 0. The first-order valence-electron chi connectivity index (χ1n) is 5.03. The highest BCUT2D eigenvalue weighted by Crippen LogP contribution is 2.31. The smallest absolute Gasteiger partial charge is 0.0718 e. The van der Waals surface area contributed by atoms with Gasteiger partial charge in [-0.15, -0.1) is 11.3 Å². The molecular formula is C13H10N2S. The van der Waals surface area contributed by atoms with Crippen molar-refractivity contribution in [1.29, 1.82) is 0 Å². The minimum absolute atomic E-state index is 0.696. The Morgan fingerprint density at radius 1 is 1.06 bits per heavy atom. The summed E-state index contributed by atoms with van der Waals surface area (Å²) in [4.78, 5) is 4.36. The first-order valence-corrected chi connectivity index (χ1v) is 5.91. The predicted octanol–water partition coefficient (Wildman–Crippen LogP) is 3.55. The summed E-state index contributed by atoms with van der Waals surface area (Å²) in [6, 6.07) is 12.2. The molecule has 0 radical (unpaired) electrons. The number of fused-ring (bicyclic) bond motifs is 1. The number of aromatic nitrogens is 1. The Kier molecular flexibility index (Phi) is 2.11. The third-order valence-electron chi connectivity index (χ3n) is 2.54. The predicted molar refractivity (Wildman–Crippen MR) is 69.5 cm³/mol. The molecule has 0 fully saturated rings. The highest BCUT2D eigenvalue weighted by Gasteiger charge is 2.05. The van der Waals surface area contributed by atoms with E-state index in [0.29, 0.717) is 5.69 Å². The van der Waals surface area contributed by atoms with E-state index in [2.05, 4.69) is 34.6 Å². The first kappa shape index (κ1) is 9.36.